The fraction of sp³-hybridized carbons (Fsp3) is 0.200. The van der Waals surface area contributed by atoms with Crippen molar-refractivity contribution in [3.63, 3.8) is 0 Å². The first kappa shape index (κ1) is 13.5. The number of aromatic nitrogens is 1. The monoisotopic (exact) mass is 271 g/mol. The number of aryl methyl sites for hydroxylation is 2. The molecule has 0 unspecified atom stereocenters. The summed E-state index contributed by atoms with van der Waals surface area (Å²) in [4.78, 5) is 4.25. The number of hydrogen-bond acceptors (Lipinski definition) is 2. The van der Waals surface area contributed by atoms with Crippen LogP contribution in [0.1, 0.15) is 16.7 Å². The van der Waals surface area contributed by atoms with Gasteiger partial charge in [0, 0.05) is 12.7 Å². The lowest BCUT2D eigenvalue weighted by molar-refractivity contribution is 0.924. The van der Waals surface area contributed by atoms with Gasteiger partial charge in [-0.3, -0.25) is 0 Å². The van der Waals surface area contributed by atoms with Gasteiger partial charge in [-0.25, -0.2) is 4.98 Å². The van der Waals surface area contributed by atoms with Crippen molar-refractivity contribution >= 4 is 23.1 Å². The van der Waals surface area contributed by atoms with Crippen LogP contribution in [0.2, 0.25) is 0 Å². The Morgan fingerprint density at radius 1 is 1.05 bits per heavy atom. The van der Waals surface area contributed by atoms with Gasteiger partial charge in [-0.05, 0) is 43.3 Å². The van der Waals surface area contributed by atoms with Crippen molar-refractivity contribution in [2.45, 2.75) is 20.4 Å². The van der Waals surface area contributed by atoms with Crippen molar-refractivity contribution in [2.75, 3.05) is 5.32 Å². The van der Waals surface area contributed by atoms with Crippen LogP contribution in [0.4, 0.5) is 5.82 Å². The lowest BCUT2D eigenvalue weighted by Gasteiger charge is -2.10. The van der Waals surface area contributed by atoms with Gasteiger partial charge in [-0.2, -0.15) is 0 Å². The van der Waals surface area contributed by atoms with Gasteiger partial charge in [-0.15, -0.1) is 0 Å². The van der Waals surface area contributed by atoms with Gasteiger partial charge >= 0.3 is 0 Å². The van der Waals surface area contributed by atoms with Crippen LogP contribution in [0, 0.1) is 13.8 Å². The summed E-state index contributed by atoms with van der Waals surface area (Å²) in [5.74, 6) is 0.756. The molecule has 0 atom stereocenters. The minimum Gasteiger partial charge on any atom is -0.358 e. The predicted molar refractivity (Wildman–Crippen MR) is 83.2 cm³/mol. The molecule has 2 N–H and O–H groups in total. The highest BCUT2D eigenvalue weighted by Crippen LogP contribution is 2.05. The molecule has 0 aliphatic heterocycles. The summed E-state index contributed by atoms with van der Waals surface area (Å²) in [6.45, 7) is 4.79. The van der Waals surface area contributed by atoms with E-state index in [0.29, 0.717) is 11.7 Å². The average molecular weight is 271 g/mol. The molecule has 0 spiro atoms. The van der Waals surface area contributed by atoms with Gasteiger partial charge in [0.2, 0.25) is 0 Å². The van der Waals surface area contributed by atoms with E-state index in [1.165, 1.54) is 11.1 Å². The van der Waals surface area contributed by atoms with Gasteiger partial charge in [0.05, 0.1) is 0 Å². The van der Waals surface area contributed by atoms with Crippen LogP contribution in [0.5, 0.6) is 0 Å². The Balaban J connectivity index is 1.84. The number of thiocarbonyl (C=S) groups is 1. The topological polar surface area (TPSA) is 37.0 Å². The number of nitrogens with one attached hydrogen (secondary N) is 2. The maximum absolute atomic E-state index is 5.23. The molecule has 1 aromatic carbocycles. The van der Waals surface area contributed by atoms with Crippen molar-refractivity contribution in [1.82, 2.24) is 10.3 Å². The fourth-order valence-electron chi connectivity index (χ4n) is 1.59. The van der Waals surface area contributed by atoms with Gasteiger partial charge in [-0.1, -0.05) is 35.9 Å². The number of benzene rings is 1. The zero-order valence-electron chi connectivity index (χ0n) is 11.1. The van der Waals surface area contributed by atoms with E-state index in [1.54, 1.807) is 0 Å². The Morgan fingerprint density at radius 3 is 2.37 bits per heavy atom. The Hall–Kier alpha value is -1.94. The van der Waals surface area contributed by atoms with Gasteiger partial charge in [0.1, 0.15) is 5.82 Å². The minimum atomic E-state index is 0.580. The van der Waals surface area contributed by atoms with Gasteiger partial charge < -0.3 is 10.6 Å². The molecule has 3 nitrogen and oxygen atoms in total. The zero-order chi connectivity index (χ0) is 13.7. The molecule has 98 valence electrons. The highest BCUT2D eigenvalue weighted by molar-refractivity contribution is 7.80. The Morgan fingerprint density at radius 2 is 1.74 bits per heavy atom. The van der Waals surface area contributed by atoms with Crippen LogP contribution in [-0.2, 0) is 6.54 Å². The summed E-state index contributed by atoms with van der Waals surface area (Å²) in [5, 5.41) is 6.80. The average Bonchev–Trinajstić information content (AvgIpc) is 2.41. The molecule has 19 heavy (non-hydrogen) atoms. The Bertz CT molecular complexity index is 547. The summed E-state index contributed by atoms with van der Waals surface area (Å²) in [6.07, 6.45) is 1.81. The van der Waals surface area contributed by atoms with Crippen molar-refractivity contribution < 1.29 is 0 Å². The lowest BCUT2D eigenvalue weighted by Crippen LogP contribution is -2.28. The Kier molecular flexibility index (Phi) is 4.47. The third-order valence-corrected chi connectivity index (χ3v) is 2.97. The molecule has 0 aliphatic rings. The Labute approximate surface area is 119 Å². The van der Waals surface area contributed by atoms with E-state index in [2.05, 4.69) is 46.8 Å². The molecule has 0 bridgehead atoms. The molecular formula is C15H17N3S. The largest absolute Gasteiger partial charge is 0.358 e. The maximum Gasteiger partial charge on any atom is 0.172 e. The molecule has 4 heteroatoms. The summed E-state index contributed by atoms with van der Waals surface area (Å²) in [7, 11) is 0. The molecule has 0 saturated heterocycles. The van der Waals surface area contributed by atoms with Crippen molar-refractivity contribution in [3.8, 4) is 0 Å². The van der Waals surface area contributed by atoms with Crippen molar-refractivity contribution in [2.24, 2.45) is 0 Å². The van der Waals surface area contributed by atoms with E-state index in [9.17, 15) is 0 Å². The van der Waals surface area contributed by atoms with Crippen molar-refractivity contribution in [1.29, 1.82) is 0 Å². The SMILES string of the molecule is Cc1ccc(CNC(=S)Nc2ccc(C)cn2)cc1. The van der Waals surface area contributed by atoms with Gasteiger partial charge in [0.15, 0.2) is 5.11 Å². The second-order valence-corrected chi connectivity index (χ2v) is 4.92. The molecule has 2 aromatic rings. The zero-order valence-corrected chi connectivity index (χ0v) is 11.9. The number of pyridine rings is 1. The van der Waals surface area contributed by atoms with E-state index in [1.807, 2.05) is 25.3 Å². The molecule has 0 amide bonds. The first-order chi connectivity index (χ1) is 9.13. The van der Waals surface area contributed by atoms with E-state index in [0.717, 1.165) is 11.4 Å². The summed E-state index contributed by atoms with van der Waals surface area (Å²) in [5.41, 5.74) is 3.59. The van der Waals surface area contributed by atoms with Crippen LogP contribution in [0.3, 0.4) is 0 Å². The van der Waals surface area contributed by atoms with Crippen LogP contribution in [-0.4, -0.2) is 10.1 Å². The third kappa shape index (κ3) is 4.34. The van der Waals surface area contributed by atoms with Crippen molar-refractivity contribution in [3.05, 3.63) is 59.3 Å². The highest BCUT2D eigenvalue weighted by Gasteiger charge is 1.99. The second-order valence-electron chi connectivity index (χ2n) is 4.51. The molecular weight excluding hydrogens is 254 g/mol. The smallest absolute Gasteiger partial charge is 0.172 e. The quantitative estimate of drug-likeness (QED) is 0.841. The molecule has 0 aliphatic carbocycles. The molecule has 0 saturated carbocycles. The molecule has 1 heterocycles. The number of rotatable bonds is 3. The first-order valence-electron chi connectivity index (χ1n) is 6.16. The van der Waals surface area contributed by atoms with Crippen LogP contribution in [0.25, 0.3) is 0 Å². The van der Waals surface area contributed by atoms with Crippen LogP contribution < -0.4 is 10.6 Å². The summed E-state index contributed by atoms with van der Waals surface area (Å²) < 4.78 is 0. The van der Waals surface area contributed by atoms with Crippen LogP contribution >= 0.6 is 12.2 Å². The molecule has 2 rings (SSSR count). The number of hydrogen-bond donors (Lipinski definition) is 2. The second kappa shape index (κ2) is 6.29. The van der Waals surface area contributed by atoms with E-state index >= 15 is 0 Å². The number of nitrogens with zero attached hydrogens (tertiary/aromatic N) is 1. The highest BCUT2D eigenvalue weighted by atomic mass is 32.1. The predicted octanol–water partition coefficient (Wildman–Crippen LogP) is 3.19. The van der Waals surface area contributed by atoms with Gasteiger partial charge in [0.25, 0.3) is 0 Å². The fourth-order valence-corrected chi connectivity index (χ4v) is 1.77. The number of anilines is 1. The summed E-state index contributed by atoms with van der Waals surface area (Å²) >= 11 is 5.23. The van der Waals surface area contributed by atoms with E-state index < -0.39 is 0 Å². The third-order valence-electron chi connectivity index (χ3n) is 2.73. The minimum absolute atomic E-state index is 0.580. The maximum atomic E-state index is 5.23. The standard InChI is InChI=1S/C15H17N3S/c1-11-3-6-13(7-4-11)10-17-15(19)18-14-8-5-12(2)9-16-14/h3-9H,10H2,1-2H3,(H2,16,17,18,19). The lowest BCUT2D eigenvalue weighted by atomic mass is 10.1. The normalized spacial score (nSPS) is 10.0. The first-order valence-corrected chi connectivity index (χ1v) is 6.57. The van der Waals surface area contributed by atoms with E-state index in [4.69, 9.17) is 12.2 Å². The van der Waals surface area contributed by atoms with Crippen LogP contribution in [0.15, 0.2) is 42.6 Å². The molecule has 1 aromatic heterocycles. The molecule has 0 fully saturated rings. The van der Waals surface area contributed by atoms with E-state index in [-0.39, 0.29) is 0 Å². The molecule has 0 radical (unpaired) electrons. The summed E-state index contributed by atoms with van der Waals surface area (Å²) in [6, 6.07) is 12.3.